The summed E-state index contributed by atoms with van der Waals surface area (Å²) < 4.78 is 4.15. The van der Waals surface area contributed by atoms with Gasteiger partial charge < -0.3 is 9.84 Å². The first kappa shape index (κ1) is 10.5. The maximum Gasteiger partial charge on any atom is 0.338 e. The standard InChI is InChI=1S/C9H9IO3/c10-8(11)6-13-9(12)7-4-2-1-3-5-7/h1-5,8,11H,6H2. The molecule has 0 aliphatic rings. The highest BCUT2D eigenvalue weighted by atomic mass is 127. The van der Waals surface area contributed by atoms with Gasteiger partial charge >= 0.3 is 5.97 Å². The lowest BCUT2D eigenvalue weighted by molar-refractivity contribution is 0.0414. The first-order valence-corrected chi connectivity index (χ1v) is 4.99. The number of esters is 1. The quantitative estimate of drug-likeness (QED) is 0.523. The van der Waals surface area contributed by atoms with E-state index in [4.69, 9.17) is 9.84 Å². The largest absolute Gasteiger partial charge is 0.458 e. The maximum atomic E-state index is 11.2. The van der Waals surface area contributed by atoms with Gasteiger partial charge in [-0.05, 0) is 34.7 Å². The molecule has 0 radical (unpaired) electrons. The first-order valence-electron chi connectivity index (χ1n) is 3.74. The predicted molar refractivity (Wildman–Crippen MR) is 56.8 cm³/mol. The summed E-state index contributed by atoms with van der Waals surface area (Å²) in [5, 5.41) is 8.86. The van der Waals surface area contributed by atoms with Gasteiger partial charge in [0.1, 0.15) is 10.7 Å². The number of carbonyl (C=O) groups excluding carboxylic acids is 1. The molecule has 1 unspecified atom stereocenters. The molecule has 0 heterocycles. The molecule has 0 aromatic heterocycles. The van der Waals surface area contributed by atoms with Crippen molar-refractivity contribution in [2.75, 3.05) is 6.61 Å². The van der Waals surface area contributed by atoms with Crippen LogP contribution in [0.4, 0.5) is 0 Å². The Morgan fingerprint density at radius 1 is 1.46 bits per heavy atom. The van der Waals surface area contributed by atoms with Gasteiger partial charge in [0.15, 0.2) is 0 Å². The van der Waals surface area contributed by atoms with Crippen LogP contribution < -0.4 is 0 Å². The number of aliphatic hydroxyl groups is 1. The van der Waals surface area contributed by atoms with Crippen molar-refractivity contribution >= 4 is 28.6 Å². The molecule has 1 atom stereocenters. The Balaban J connectivity index is 2.50. The average molecular weight is 292 g/mol. The number of hydrogen-bond acceptors (Lipinski definition) is 3. The van der Waals surface area contributed by atoms with Crippen LogP contribution in [0.15, 0.2) is 30.3 Å². The van der Waals surface area contributed by atoms with Gasteiger partial charge in [0.25, 0.3) is 0 Å². The SMILES string of the molecule is O=C(OCC(O)I)c1ccccc1. The normalized spacial score (nSPS) is 12.2. The molecular weight excluding hydrogens is 283 g/mol. The topological polar surface area (TPSA) is 46.5 Å². The summed E-state index contributed by atoms with van der Waals surface area (Å²) in [6, 6.07) is 8.68. The molecule has 1 rings (SSSR count). The van der Waals surface area contributed by atoms with Gasteiger partial charge in [-0.25, -0.2) is 4.79 Å². The summed E-state index contributed by atoms with van der Waals surface area (Å²) in [4.78, 5) is 11.2. The van der Waals surface area contributed by atoms with Crippen molar-refractivity contribution in [3.63, 3.8) is 0 Å². The Labute approximate surface area is 89.9 Å². The summed E-state index contributed by atoms with van der Waals surface area (Å²) in [6.45, 7) is 0.0221. The first-order chi connectivity index (χ1) is 6.20. The monoisotopic (exact) mass is 292 g/mol. The summed E-state index contributed by atoms with van der Waals surface area (Å²) in [5.74, 6) is -0.406. The average Bonchev–Trinajstić information content (AvgIpc) is 2.15. The van der Waals surface area contributed by atoms with E-state index < -0.39 is 10.1 Å². The Morgan fingerprint density at radius 2 is 2.08 bits per heavy atom. The van der Waals surface area contributed by atoms with Gasteiger partial charge in [-0.3, -0.25) is 0 Å². The van der Waals surface area contributed by atoms with Crippen LogP contribution in [-0.4, -0.2) is 21.8 Å². The molecule has 0 bridgehead atoms. The smallest absolute Gasteiger partial charge is 0.338 e. The highest BCUT2D eigenvalue weighted by Gasteiger charge is 2.07. The Kier molecular flexibility index (Phi) is 4.17. The molecule has 0 saturated carbocycles. The van der Waals surface area contributed by atoms with Crippen molar-refractivity contribution in [2.45, 2.75) is 4.11 Å². The van der Waals surface area contributed by atoms with Crippen molar-refractivity contribution in [3.05, 3.63) is 35.9 Å². The van der Waals surface area contributed by atoms with E-state index in [1.165, 1.54) is 0 Å². The van der Waals surface area contributed by atoms with Crippen molar-refractivity contribution in [2.24, 2.45) is 0 Å². The van der Waals surface area contributed by atoms with Crippen molar-refractivity contribution in [3.8, 4) is 0 Å². The van der Waals surface area contributed by atoms with Crippen molar-refractivity contribution in [1.29, 1.82) is 0 Å². The lowest BCUT2D eigenvalue weighted by atomic mass is 10.2. The third kappa shape index (κ3) is 3.73. The maximum absolute atomic E-state index is 11.2. The van der Waals surface area contributed by atoms with E-state index in [-0.39, 0.29) is 6.61 Å². The van der Waals surface area contributed by atoms with Crippen LogP contribution in [0.2, 0.25) is 0 Å². The van der Waals surface area contributed by atoms with E-state index in [1.807, 2.05) is 6.07 Å². The molecule has 0 saturated heterocycles. The summed E-state index contributed by atoms with van der Waals surface area (Å²) in [5.41, 5.74) is 0.500. The van der Waals surface area contributed by atoms with Gasteiger partial charge in [0.2, 0.25) is 0 Å². The van der Waals surface area contributed by atoms with E-state index in [9.17, 15) is 4.79 Å². The molecule has 0 aliphatic carbocycles. The van der Waals surface area contributed by atoms with E-state index in [0.29, 0.717) is 5.56 Å². The molecule has 0 fully saturated rings. The van der Waals surface area contributed by atoms with E-state index in [2.05, 4.69) is 0 Å². The second-order valence-corrected chi connectivity index (χ2v) is 3.84. The van der Waals surface area contributed by atoms with Crippen LogP contribution in [0, 0.1) is 0 Å². The summed E-state index contributed by atoms with van der Waals surface area (Å²) in [7, 11) is 0. The van der Waals surface area contributed by atoms with Crippen molar-refractivity contribution < 1.29 is 14.6 Å². The van der Waals surface area contributed by atoms with Crippen LogP contribution in [0.3, 0.4) is 0 Å². The third-order valence-corrected chi connectivity index (χ3v) is 1.72. The Morgan fingerprint density at radius 3 is 2.62 bits per heavy atom. The summed E-state index contributed by atoms with van der Waals surface area (Å²) >= 11 is 1.77. The van der Waals surface area contributed by atoms with Crippen LogP contribution in [-0.2, 0) is 4.74 Å². The number of alkyl halides is 1. The molecule has 0 amide bonds. The molecule has 0 aliphatic heterocycles. The number of hydrogen-bond donors (Lipinski definition) is 1. The van der Waals surface area contributed by atoms with Gasteiger partial charge in [0, 0.05) is 0 Å². The minimum atomic E-state index is -0.648. The number of rotatable bonds is 3. The van der Waals surface area contributed by atoms with Gasteiger partial charge in [-0.2, -0.15) is 0 Å². The minimum absolute atomic E-state index is 0.0221. The van der Waals surface area contributed by atoms with Gasteiger partial charge in [-0.15, -0.1) is 0 Å². The molecule has 1 aromatic carbocycles. The Hall–Kier alpha value is -0.620. The second-order valence-electron chi connectivity index (χ2n) is 2.40. The number of halogens is 1. The lowest BCUT2D eigenvalue weighted by Crippen LogP contribution is -2.12. The lowest BCUT2D eigenvalue weighted by Gasteiger charge is -2.04. The predicted octanol–water partition coefficient (Wildman–Crippen LogP) is 1.60. The van der Waals surface area contributed by atoms with E-state index >= 15 is 0 Å². The number of benzene rings is 1. The highest BCUT2D eigenvalue weighted by Crippen LogP contribution is 2.03. The molecule has 1 N–H and O–H groups in total. The summed E-state index contributed by atoms with van der Waals surface area (Å²) in [6.07, 6.45) is 0. The highest BCUT2D eigenvalue weighted by molar-refractivity contribution is 14.1. The minimum Gasteiger partial charge on any atom is -0.458 e. The van der Waals surface area contributed by atoms with Gasteiger partial charge in [-0.1, -0.05) is 18.2 Å². The number of ether oxygens (including phenoxy) is 1. The van der Waals surface area contributed by atoms with Gasteiger partial charge in [0.05, 0.1) is 5.56 Å². The molecule has 70 valence electrons. The van der Waals surface area contributed by atoms with E-state index in [0.717, 1.165) is 0 Å². The van der Waals surface area contributed by atoms with Crippen LogP contribution in [0.25, 0.3) is 0 Å². The second kappa shape index (κ2) is 5.18. The molecule has 4 heteroatoms. The van der Waals surface area contributed by atoms with E-state index in [1.54, 1.807) is 46.9 Å². The number of carbonyl (C=O) groups is 1. The zero-order chi connectivity index (χ0) is 9.68. The fourth-order valence-electron chi connectivity index (χ4n) is 0.802. The third-order valence-electron chi connectivity index (χ3n) is 1.36. The van der Waals surface area contributed by atoms with Crippen molar-refractivity contribution in [1.82, 2.24) is 0 Å². The molecule has 13 heavy (non-hydrogen) atoms. The molecule has 3 nitrogen and oxygen atoms in total. The van der Waals surface area contributed by atoms with Crippen LogP contribution >= 0.6 is 22.6 Å². The van der Waals surface area contributed by atoms with Crippen LogP contribution in [0.5, 0.6) is 0 Å². The Bertz CT molecular complexity index is 271. The zero-order valence-corrected chi connectivity index (χ0v) is 8.97. The fraction of sp³-hybridized carbons (Fsp3) is 0.222. The fourth-order valence-corrected chi connectivity index (χ4v) is 0.982. The molecule has 0 spiro atoms. The zero-order valence-electron chi connectivity index (χ0n) is 6.81. The van der Waals surface area contributed by atoms with Crippen LogP contribution in [0.1, 0.15) is 10.4 Å². The number of aliphatic hydroxyl groups excluding tert-OH is 1. The molecule has 1 aromatic rings. The molecular formula is C9H9IO3.